The Bertz CT molecular complexity index is 130. The minimum atomic E-state index is 0.690. The maximum Gasteiger partial charge on any atom is 0.00412 e. The molecule has 0 atom stereocenters. The fourth-order valence-electron chi connectivity index (χ4n) is 2.14. The number of nitrogens with zero attached hydrogens (tertiary/aromatic N) is 1. The number of rotatable bonds is 8. The van der Waals surface area contributed by atoms with Crippen LogP contribution in [0.5, 0.6) is 0 Å². The minimum Gasteiger partial charge on any atom is -0.299 e. The van der Waals surface area contributed by atoms with Gasteiger partial charge in [-0.05, 0) is 46.6 Å². The van der Waals surface area contributed by atoms with Gasteiger partial charge in [0.15, 0.2) is 0 Å². The molecule has 1 heteroatoms. The Balaban J connectivity index is 0. The molecular formula is C16H37N. The van der Waals surface area contributed by atoms with E-state index in [0.29, 0.717) is 12.1 Å². The summed E-state index contributed by atoms with van der Waals surface area (Å²) in [5.74, 6) is 0.872. The van der Waals surface area contributed by atoms with Crippen LogP contribution in [0.25, 0.3) is 0 Å². The largest absolute Gasteiger partial charge is 0.299 e. The highest BCUT2D eigenvalue weighted by Crippen LogP contribution is 2.11. The quantitative estimate of drug-likeness (QED) is 0.520. The Labute approximate surface area is 111 Å². The molecule has 0 rings (SSSR count). The van der Waals surface area contributed by atoms with E-state index in [-0.39, 0.29) is 0 Å². The standard InChI is InChI=1S/C14H31N.C2H6/c1-12(2)10-8-7-9-11-15(13(3)4)14(5)6;1-2/h12-14H,7-11H2,1-6H3;1-2H3. The predicted octanol–water partition coefficient (Wildman–Crippen LogP) is 5.35. The number of hydrogen-bond acceptors (Lipinski definition) is 1. The molecule has 0 N–H and O–H groups in total. The summed E-state index contributed by atoms with van der Waals surface area (Å²) in [4.78, 5) is 2.59. The summed E-state index contributed by atoms with van der Waals surface area (Å²) in [7, 11) is 0. The van der Waals surface area contributed by atoms with Crippen molar-refractivity contribution in [2.45, 2.75) is 93.2 Å². The highest BCUT2D eigenvalue weighted by Gasteiger charge is 2.11. The van der Waals surface area contributed by atoms with Crippen molar-refractivity contribution >= 4 is 0 Å². The molecule has 106 valence electrons. The second kappa shape index (κ2) is 12.4. The Hall–Kier alpha value is -0.0400. The summed E-state index contributed by atoms with van der Waals surface area (Å²) in [5, 5.41) is 0. The fourth-order valence-corrected chi connectivity index (χ4v) is 2.14. The van der Waals surface area contributed by atoms with Crippen molar-refractivity contribution in [2.75, 3.05) is 6.54 Å². The van der Waals surface area contributed by atoms with Gasteiger partial charge in [0.25, 0.3) is 0 Å². The SMILES string of the molecule is CC.CC(C)CCCCCN(C(C)C)C(C)C. The molecule has 0 aromatic carbocycles. The topological polar surface area (TPSA) is 3.24 Å². The zero-order chi connectivity index (χ0) is 13.8. The van der Waals surface area contributed by atoms with Crippen molar-refractivity contribution < 1.29 is 0 Å². The first-order chi connectivity index (χ1) is 7.95. The summed E-state index contributed by atoms with van der Waals surface area (Å²) in [6, 6.07) is 1.38. The number of hydrogen-bond donors (Lipinski definition) is 0. The smallest absolute Gasteiger partial charge is 0.00412 e. The third-order valence-corrected chi connectivity index (χ3v) is 3.02. The van der Waals surface area contributed by atoms with Gasteiger partial charge in [-0.25, -0.2) is 0 Å². The average Bonchev–Trinajstić information content (AvgIpc) is 2.24. The van der Waals surface area contributed by atoms with Gasteiger partial charge in [-0.15, -0.1) is 0 Å². The second-order valence-electron chi connectivity index (χ2n) is 5.67. The molecule has 0 saturated carbocycles. The van der Waals surface area contributed by atoms with Crippen molar-refractivity contribution in [3.8, 4) is 0 Å². The monoisotopic (exact) mass is 243 g/mol. The zero-order valence-electron chi connectivity index (χ0n) is 13.7. The Morgan fingerprint density at radius 1 is 0.706 bits per heavy atom. The van der Waals surface area contributed by atoms with Crippen molar-refractivity contribution in [3.63, 3.8) is 0 Å². The van der Waals surface area contributed by atoms with Gasteiger partial charge in [-0.3, -0.25) is 4.90 Å². The van der Waals surface area contributed by atoms with Gasteiger partial charge in [0.2, 0.25) is 0 Å². The average molecular weight is 243 g/mol. The fraction of sp³-hybridized carbons (Fsp3) is 1.00. The Kier molecular flexibility index (Phi) is 14.1. The van der Waals surface area contributed by atoms with E-state index < -0.39 is 0 Å². The van der Waals surface area contributed by atoms with Gasteiger partial charge >= 0.3 is 0 Å². The van der Waals surface area contributed by atoms with Crippen LogP contribution < -0.4 is 0 Å². The summed E-state index contributed by atoms with van der Waals surface area (Å²) in [5.41, 5.74) is 0. The van der Waals surface area contributed by atoms with Gasteiger partial charge in [0.1, 0.15) is 0 Å². The maximum atomic E-state index is 2.59. The molecule has 0 fully saturated rings. The molecule has 0 bridgehead atoms. The summed E-state index contributed by atoms with van der Waals surface area (Å²) >= 11 is 0. The van der Waals surface area contributed by atoms with E-state index in [0.717, 1.165) is 5.92 Å². The molecule has 0 saturated heterocycles. The van der Waals surface area contributed by atoms with E-state index in [1.807, 2.05) is 13.8 Å². The molecule has 0 aliphatic heterocycles. The van der Waals surface area contributed by atoms with E-state index in [4.69, 9.17) is 0 Å². The van der Waals surface area contributed by atoms with Crippen molar-refractivity contribution in [2.24, 2.45) is 5.92 Å². The van der Waals surface area contributed by atoms with Gasteiger partial charge in [-0.1, -0.05) is 47.0 Å². The van der Waals surface area contributed by atoms with Gasteiger partial charge < -0.3 is 0 Å². The van der Waals surface area contributed by atoms with Crippen LogP contribution in [0.2, 0.25) is 0 Å². The summed E-state index contributed by atoms with van der Waals surface area (Å²) in [6.45, 7) is 19.1. The van der Waals surface area contributed by atoms with Crippen molar-refractivity contribution in [3.05, 3.63) is 0 Å². The minimum absolute atomic E-state index is 0.690. The lowest BCUT2D eigenvalue weighted by molar-refractivity contribution is 0.171. The molecule has 0 aromatic heterocycles. The van der Waals surface area contributed by atoms with Crippen LogP contribution in [0.1, 0.15) is 81.1 Å². The van der Waals surface area contributed by atoms with Gasteiger partial charge in [0.05, 0.1) is 0 Å². The Morgan fingerprint density at radius 2 is 1.18 bits per heavy atom. The molecule has 0 aliphatic rings. The van der Waals surface area contributed by atoms with Crippen LogP contribution in [0.3, 0.4) is 0 Å². The lowest BCUT2D eigenvalue weighted by atomic mass is 10.0. The van der Waals surface area contributed by atoms with Crippen LogP contribution in [0.4, 0.5) is 0 Å². The van der Waals surface area contributed by atoms with Crippen LogP contribution in [0, 0.1) is 5.92 Å². The highest BCUT2D eigenvalue weighted by molar-refractivity contribution is 4.67. The van der Waals surface area contributed by atoms with Gasteiger partial charge in [-0.2, -0.15) is 0 Å². The van der Waals surface area contributed by atoms with E-state index in [2.05, 4.69) is 46.4 Å². The first-order valence-corrected chi connectivity index (χ1v) is 7.70. The molecule has 0 heterocycles. The Morgan fingerprint density at radius 3 is 1.53 bits per heavy atom. The molecule has 0 radical (unpaired) electrons. The third kappa shape index (κ3) is 12.2. The third-order valence-electron chi connectivity index (χ3n) is 3.02. The van der Waals surface area contributed by atoms with E-state index >= 15 is 0 Å². The molecule has 0 aliphatic carbocycles. The van der Waals surface area contributed by atoms with Gasteiger partial charge in [0, 0.05) is 12.1 Å². The van der Waals surface area contributed by atoms with Crippen LogP contribution in [0.15, 0.2) is 0 Å². The second-order valence-corrected chi connectivity index (χ2v) is 5.67. The first kappa shape index (κ1) is 19.3. The van der Waals surface area contributed by atoms with Crippen LogP contribution >= 0.6 is 0 Å². The van der Waals surface area contributed by atoms with E-state index in [9.17, 15) is 0 Å². The molecule has 0 aromatic rings. The lowest BCUT2D eigenvalue weighted by Crippen LogP contribution is -2.37. The van der Waals surface area contributed by atoms with Crippen LogP contribution in [-0.4, -0.2) is 23.5 Å². The molecular weight excluding hydrogens is 206 g/mol. The van der Waals surface area contributed by atoms with E-state index in [1.165, 1.54) is 32.2 Å². The van der Waals surface area contributed by atoms with Crippen molar-refractivity contribution in [1.82, 2.24) is 4.90 Å². The van der Waals surface area contributed by atoms with Crippen molar-refractivity contribution in [1.29, 1.82) is 0 Å². The molecule has 0 unspecified atom stereocenters. The lowest BCUT2D eigenvalue weighted by Gasteiger charge is -2.30. The molecule has 17 heavy (non-hydrogen) atoms. The number of unbranched alkanes of at least 4 members (excludes halogenated alkanes) is 2. The highest BCUT2D eigenvalue weighted by atomic mass is 15.2. The first-order valence-electron chi connectivity index (χ1n) is 7.70. The van der Waals surface area contributed by atoms with E-state index in [1.54, 1.807) is 0 Å². The maximum absolute atomic E-state index is 2.59. The molecule has 0 amide bonds. The zero-order valence-corrected chi connectivity index (χ0v) is 13.7. The summed E-state index contributed by atoms with van der Waals surface area (Å²) < 4.78 is 0. The van der Waals surface area contributed by atoms with Crippen LogP contribution in [-0.2, 0) is 0 Å². The molecule has 0 spiro atoms. The predicted molar refractivity (Wildman–Crippen MR) is 81.6 cm³/mol. The summed E-state index contributed by atoms with van der Waals surface area (Å²) in [6.07, 6.45) is 5.56. The molecule has 1 nitrogen and oxygen atoms in total. The normalized spacial score (nSPS) is 11.3.